The van der Waals surface area contributed by atoms with Crippen LogP contribution in [0.15, 0.2) is 13.2 Å². The Bertz CT molecular complexity index is 264. The maximum atomic E-state index is 5.87. The van der Waals surface area contributed by atoms with Crippen LogP contribution in [0.2, 0.25) is 0 Å². The first kappa shape index (κ1) is 15.8. The molecule has 3 atom stereocenters. The molecule has 0 N–H and O–H groups in total. The third kappa shape index (κ3) is 3.17. The highest BCUT2D eigenvalue weighted by atomic mass is 16.5. The first-order chi connectivity index (χ1) is 8.48. The molecule has 2 rings (SSSR count). The summed E-state index contributed by atoms with van der Waals surface area (Å²) >= 11 is 0. The molecule has 0 spiro atoms. The van der Waals surface area contributed by atoms with Crippen LogP contribution in [0.5, 0.6) is 0 Å². The van der Waals surface area contributed by atoms with Gasteiger partial charge in [0.25, 0.3) is 0 Å². The van der Waals surface area contributed by atoms with Gasteiger partial charge in [-0.25, -0.2) is 0 Å². The Morgan fingerprint density at radius 3 is 2.44 bits per heavy atom. The van der Waals surface area contributed by atoms with E-state index >= 15 is 0 Å². The highest BCUT2D eigenvalue weighted by molar-refractivity contribution is 4.99. The van der Waals surface area contributed by atoms with Crippen LogP contribution in [0, 0.1) is 16.7 Å². The Balaban J connectivity index is 0.00000103. The van der Waals surface area contributed by atoms with Gasteiger partial charge in [-0.2, -0.15) is 0 Å². The van der Waals surface area contributed by atoms with Crippen LogP contribution in [0.3, 0.4) is 0 Å². The van der Waals surface area contributed by atoms with Gasteiger partial charge >= 0.3 is 0 Å². The molecule has 0 bridgehead atoms. The second-order valence-corrected chi connectivity index (χ2v) is 6.91. The first-order valence-electron chi connectivity index (χ1n) is 7.59. The summed E-state index contributed by atoms with van der Waals surface area (Å²) in [6.45, 7) is 16.5. The lowest BCUT2D eigenvalue weighted by molar-refractivity contribution is -0.0921. The van der Waals surface area contributed by atoms with Gasteiger partial charge in [-0.3, -0.25) is 0 Å². The zero-order valence-electron chi connectivity index (χ0n) is 12.9. The molecule has 108 valence electrons. The summed E-state index contributed by atoms with van der Waals surface area (Å²) in [6.07, 6.45) is 8.77. The van der Waals surface area contributed by atoms with Crippen molar-refractivity contribution in [1.82, 2.24) is 0 Å². The molecule has 0 aromatic heterocycles. The maximum Gasteiger partial charge on any atom is 0.0580 e. The lowest BCUT2D eigenvalue weighted by Gasteiger charge is -2.55. The summed E-state index contributed by atoms with van der Waals surface area (Å²) in [4.78, 5) is 0. The normalized spacial score (nSPS) is 38.2. The van der Waals surface area contributed by atoms with E-state index in [4.69, 9.17) is 4.74 Å². The molecule has 0 amide bonds. The third-order valence-corrected chi connectivity index (χ3v) is 5.23. The van der Waals surface area contributed by atoms with Gasteiger partial charge in [0, 0.05) is 8.03 Å². The van der Waals surface area contributed by atoms with Gasteiger partial charge in [0.15, 0.2) is 0 Å². The Labute approximate surface area is 115 Å². The van der Waals surface area contributed by atoms with Crippen molar-refractivity contribution < 1.29 is 6.16 Å². The molecule has 0 radical (unpaired) electrons. The first-order valence-corrected chi connectivity index (χ1v) is 7.59. The van der Waals surface area contributed by atoms with Gasteiger partial charge in [-0.15, -0.1) is 13.2 Å². The number of hydrogen-bond acceptors (Lipinski definition) is 1. The predicted octanol–water partition coefficient (Wildman–Crippen LogP) is 5.46. The quantitative estimate of drug-likeness (QED) is 0.595. The summed E-state index contributed by atoms with van der Waals surface area (Å²) in [5.74, 6) is 0.922. The molecule has 0 aromatic carbocycles. The van der Waals surface area contributed by atoms with Crippen molar-refractivity contribution in [2.75, 3.05) is 6.61 Å². The second kappa shape index (κ2) is 6.23. The van der Waals surface area contributed by atoms with Gasteiger partial charge in [-0.1, -0.05) is 27.2 Å². The number of ether oxygens (including phenoxy) is 1. The van der Waals surface area contributed by atoms with Crippen molar-refractivity contribution in [2.24, 2.45) is 16.7 Å². The minimum absolute atomic E-state index is 0. The number of fused-ring (bicyclic) bond motifs is 1. The van der Waals surface area contributed by atoms with Crippen molar-refractivity contribution >= 4 is 0 Å². The lowest BCUT2D eigenvalue weighted by atomic mass is 9.51. The van der Waals surface area contributed by atoms with Gasteiger partial charge in [0.05, 0.1) is 6.10 Å². The summed E-state index contributed by atoms with van der Waals surface area (Å²) in [5, 5.41) is 0. The Kier molecular flexibility index (Phi) is 5.46. The topological polar surface area (TPSA) is 9.23 Å². The van der Waals surface area contributed by atoms with Crippen LogP contribution < -0.4 is 0 Å². The molecule has 0 aromatic rings. The Hall–Kier alpha value is -0.300. The largest absolute Gasteiger partial charge is 0.378 e. The third-order valence-electron chi connectivity index (χ3n) is 5.23. The fourth-order valence-corrected chi connectivity index (χ4v) is 4.58. The minimum Gasteiger partial charge on any atom is -0.378 e. The maximum absolute atomic E-state index is 5.87. The van der Waals surface area contributed by atoms with E-state index in [0.717, 1.165) is 12.5 Å². The minimum atomic E-state index is 0. The highest BCUT2D eigenvalue weighted by Crippen LogP contribution is 2.57. The highest BCUT2D eigenvalue weighted by Gasteiger charge is 2.49. The predicted molar refractivity (Wildman–Crippen MR) is 81.9 cm³/mol. The summed E-state index contributed by atoms with van der Waals surface area (Å²) in [6, 6.07) is 0. The molecule has 1 heteroatoms. The van der Waals surface area contributed by atoms with Crippen molar-refractivity contribution in [2.45, 2.75) is 72.3 Å². The smallest absolute Gasteiger partial charge is 0.0580 e. The van der Waals surface area contributed by atoms with Crippen LogP contribution >= 0.6 is 0 Å². The average Bonchev–Trinajstić information content (AvgIpc) is 2.30. The number of hydrogen-bond donors (Lipinski definition) is 0. The molecular weight excluding hydrogens is 220 g/mol. The van der Waals surface area contributed by atoms with E-state index in [-0.39, 0.29) is 1.43 Å². The molecule has 1 nitrogen and oxygen atoms in total. The molecule has 0 heterocycles. The van der Waals surface area contributed by atoms with E-state index in [1.807, 2.05) is 0 Å². The molecule has 2 aliphatic rings. The number of rotatable bonds is 2. The van der Waals surface area contributed by atoms with Gasteiger partial charge in [0.1, 0.15) is 0 Å². The van der Waals surface area contributed by atoms with Crippen molar-refractivity contribution in [1.29, 1.82) is 0 Å². The summed E-state index contributed by atoms with van der Waals surface area (Å²) in [7, 11) is 0. The summed E-state index contributed by atoms with van der Waals surface area (Å²) < 4.78 is 5.87. The van der Waals surface area contributed by atoms with Crippen molar-refractivity contribution in [3.05, 3.63) is 13.2 Å². The van der Waals surface area contributed by atoms with E-state index in [1.165, 1.54) is 38.5 Å². The van der Waals surface area contributed by atoms with Crippen LogP contribution in [0.1, 0.15) is 67.6 Å². The van der Waals surface area contributed by atoms with E-state index in [0.29, 0.717) is 16.9 Å². The van der Waals surface area contributed by atoms with Crippen molar-refractivity contribution in [3.63, 3.8) is 0 Å². The summed E-state index contributed by atoms with van der Waals surface area (Å²) in [5.41, 5.74) is 1.12. The second-order valence-electron chi connectivity index (χ2n) is 6.91. The lowest BCUT2D eigenvalue weighted by Crippen LogP contribution is -2.47. The van der Waals surface area contributed by atoms with Crippen LogP contribution in [-0.4, -0.2) is 12.7 Å². The molecule has 18 heavy (non-hydrogen) atoms. The van der Waals surface area contributed by atoms with Gasteiger partial charge < -0.3 is 4.74 Å². The fourth-order valence-electron chi connectivity index (χ4n) is 4.58. The molecule has 1 unspecified atom stereocenters. The van der Waals surface area contributed by atoms with Gasteiger partial charge in [-0.05, 0) is 55.8 Å². The standard InChI is InChI=1S/C15H28O.C2H4.H2/c1-5-16-12-7-8-13-14(2,3)9-6-10-15(13,4)11-12;1-2;/h12-13H,5-11H2,1-4H3;1-2H2;1H/t12-,13?,15+;;/m0../s1. The SMILES string of the molecule is C=C.CCO[C@H]1CCC2C(C)(C)CCC[C@]2(C)C1.[HH]. The molecule has 2 aliphatic carbocycles. The zero-order valence-corrected chi connectivity index (χ0v) is 12.9. The molecule has 2 fully saturated rings. The average molecular weight is 254 g/mol. The Morgan fingerprint density at radius 2 is 1.83 bits per heavy atom. The van der Waals surface area contributed by atoms with E-state index in [9.17, 15) is 0 Å². The monoisotopic (exact) mass is 254 g/mol. The van der Waals surface area contributed by atoms with E-state index in [1.54, 1.807) is 0 Å². The van der Waals surface area contributed by atoms with Gasteiger partial charge in [0.2, 0.25) is 0 Å². The van der Waals surface area contributed by atoms with Crippen LogP contribution in [0.4, 0.5) is 0 Å². The van der Waals surface area contributed by atoms with Crippen LogP contribution in [-0.2, 0) is 4.74 Å². The molecule has 2 saturated carbocycles. The molecular formula is C17H34O. The fraction of sp³-hybridized carbons (Fsp3) is 0.882. The molecule has 0 saturated heterocycles. The molecule has 0 aliphatic heterocycles. The Morgan fingerprint density at radius 1 is 1.17 bits per heavy atom. The van der Waals surface area contributed by atoms with E-state index < -0.39 is 0 Å². The van der Waals surface area contributed by atoms with Crippen molar-refractivity contribution in [3.8, 4) is 0 Å². The zero-order chi connectivity index (χ0) is 13.8. The van der Waals surface area contributed by atoms with E-state index in [2.05, 4.69) is 40.9 Å². The van der Waals surface area contributed by atoms with Crippen LogP contribution in [0.25, 0.3) is 0 Å².